The normalized spacial score (nSPS) is 25.4. The maximum atomic E-state index is 11.6. The van der Waals surface area contributed by atoms with Gasteiger partial charge in [0.05, 0.1) is 6.10 Å². The lowest BCUT2D eigenvalue weighted by atomic mass is 9.95. The van der Waals surface area contributed by atoms with Crippen LogP contribution in [0, 0.1) is 0 Å². The van der Waals surface area contributed by atoms with Crippen LogP contribution in [0.3, 0.4) is 0 Å². The first-order valence-corrected chi connectivity index (χ1v) is 6.10. The lowest BCUT2D eigenvalue weighted by Gasteiger charge is -2.26. The van der Waals surface area contributed by atoms with Crippen molar-refractivity contribution in [2.45, 2.75) is 37.9 Å². The van der Waals surface area contributed by atoms with Gasteiger partial charge in [0.15, 0.2) is 4.67 Å². The number of aliphatic hydroxyl groups excluding tert-OH is 1. The molecule has 0 amide bonds. The minimum absolute atomic E-state index is 0.157. The fraction of sp³-hybridized carbons (Fsp3) is 0.545. The molecule has 0 spiro atoms. The summed E-state index contributed by atoms with van der Waals surface area (Å²) < 4.78 is 10.8. The Morgan fingerprint density at radius 2 is 2.19 bits per heavy atom. The number of hydrogen-bond donors (Lipinski definition) is 1. The molecule has 0 saturated heterocycles. The van der Waals surface area contributed by atoms with Crippen LogP contribution in [0.4, 0.5) is 0 Å². The molecule has 1 N–H and O–H groups in total. The maximum absolute atomic E-state index is 11.6. The second-order valence-corrected chi connectivity index (χ2v) is 4.68. The molecule has 0 aliphatic heterocycles. The Labute approximate surface area is 102 Å². The molecule has 0 aromatic carbocycles. The van der Waals surface area contributed by atoms with Crippen LogP contribution in [-0.2, 0) is 4.74 Å². The van der Waals surface area contributed by atoms with Gasteiger partial charge >= 0.3 is 5.97 Å². The molecule has 1 aliphatic carbocycles. The van der Waals surface area contributed by atoms with E-state index in [0.717, 1.165) is 19.3 Å². The van der Waals surface area contributed by atoms with E-state index in [9.17, 15) is 9.90 Å². The Morgan fingerprint density at radius 3 is 2.81 bits per heavy atom. The average molecular weight is 289 g/mol. The summed E-state index contributed by atoms with van der Waals surface area (Å²) in [6, 6.07) is 3.18. The summed E-state index contributed by atoms with van der Waals surface area (Å²) in [5.74, 6) is -0.360. The van der Waals surface area contributed by atoms with Crippen molar-refractivity contribution in [3.8, 4) is 0 Å². The Hall–Kier alpha value is -0.810. The first-order valence-electron chi connectivity index (χ1n) is 5.31. The number of aliphatic hydroxyl groups is 1. The molecule has 16 heavy (non-hydrogen) atoms. The van der Waals surface area contributed by atoms with Gasteiger partial charge in [-0.05, 0) is 47.3 Å². The zero-order valence-corrected chi connectivity index (χ0v) is 10.3. The minimum atomic E-state index is -0.545. The van der Waals surface area contributed by atoms with E-state index in [1.54, 1.807) is 12.1 Å². The molecule has 2 rings (SSSR count). The number of ether oxygens (including phenoxy) is 1. The maximum Gasteiger partial charge on any atom is 0.374 e. The summed E-state index contributed by atoms with van der Waals surface area (Å²) in [5.41, 5.74) is 0. The van der Waals surface area contributed by atoms with E-state index >= 15 is 0 Å². The van der Waals surface area contributed by atoms with Gasteiger partial charge in [-0.3, -0.25) is 0 Å². The van der Waals surface area contributed by atoms with Gasteiger partial charge in [0, 0.05) is 0 Å². The molecule has 1 fully saturated rings. The Balaban J connectivity index is 1.96. The van der Waals surface area contributed by atoms with Gasteiger partial charge in [0.2, 0.25) is 5.76 Å². The number of halogens is 1. The van der Waals surface area contributed by atoms with Crippen molar-refractivity contribution in [1.29, 1.82) is 0 Å². The molecule has 88 valence electrons. The van der Waals surface area contributed by atoms with Gasteiger partial charge in [0.25, 0.3) is 0 Å². The fourth-order valence-corrected chi connectivity index (χ4v) is 2.14. The standard InChI is InChI=1S/C11H13BrO4/c12-10-6-5-9(15-10)11(14)16-8-4-2-1-3-7(8)13/h5-8,13H,1-4H2. The molecule has 1 heterocycles. The van der Waals surface area contributed by atoms with E-state index in [0.29, 0.717) is 11.1 Å². The second-order valence-electron chi connectivity index (χ2n) is 3.90. The zero-order valence-electron chi connectivity index (χ0n) is 8.69. The number of esters is 1. The second kappa shape index (κ2) is 5.01. The lowest BCUT2D eigenvalue weighted by molar-refractivity contribution is -0.0380. The van der Waals surface area contributed by atoms with E-state index in [4.69, 9.17) is 9.15 Å². The summed E-state index contributed by atoms with van der Waals surface area (Å²) >= 11 is 3.11. The van der Waals surface area contributed by atoms with Crippen molar-refractivity contribution in [1.82, 2.24) is 0 Å². The van der Waals surface area contributed by atoms with Crippen LogP contribution in [0.25, 0.3) is 0 Å². The Kier molecular flexibility index (Phi) is 3.66. The van der Waals surface area contributed by atoms with Crippen LogP contribution in [0.2, 0.25) is 0 Å². The first-order chi connectivity index (χ1) is 7.66. The Morgan fingerprint density at radius 1 is 1.44 bits per heavy atom. The molecule has 5 heteroatoms. The fourth-order valence-electron chi connectivity index (χ4n) is 1.83. The van der Waals surface area contributed by atoms with Crippen molar-refractivity contribution in [2.24, 2.45) is 0 Å². The zero-order chi connectivity index (χ0) is 11.5. The van der Waals surface area contributed by atoms with Gasteiger partial charge in [-0.1, -0.05) is 6.42 Å². The predicted octanol–water partition coefficient (Wildman–Crippen LogP) is 2.50. The summed E-state index contributed by atoms with van der Waals surface area (Å²) in [6.45, 7) is 0. The molecule has 1 aromatic rings. The molecule has 2 atom stereocenters. The van der Waals surface area contributed by atoms with Gasteiger partial charge in [-0.15, -0.1) is 0 Å². The minimum Gasteiger partial charge on any atom is -0.454 e. The van der Waals surface area contributed by atoms with Gasteiger partial charge < -0.3 is 14.3 Å². The summed E-state index contributed by atoms with van der Waals surface area (Å²) in [6.07, 6.45) is 2.44. The van der Waals surface area contributed by atoms with E-state index < -0.39 is 18.2 Å². The third-order valence-corrected chi connectivity index (χ3v) is 3.13. The van der Waals surface area contributed by atoms with E-state index in [1.807, 2.05) is 0 Å². The summed E-state index contributed by atoms with van der Waals surface area (Å²) in [7, 11) is 0. The quantitative estimate of drug-likeness (QED) is 0.850. The number of carbonyl (C=O) groups excluding carboxylic acids is 1. The number of hydrogen-bond acceptors (Lipinski definition) is 4. The van der Waals surface area contributed by atoms with Crippen LogP contribution in [0.1, 0.15) is 36.2 Å². The van der Waals surface area contributed by atoms with Gasteiger partial charge in [-0.25, -0.2) is 4.79 Å². The molecule has 4 nitrogen and oxygen atoms in total. The van der Waals surface area contributed by atoms with Crippen molar-refractivity contribution < 1.29 is 19.1 Å². The molecule has 1 aromatic heterocycles. The largest absolute Gasteiger partial charge is 0.454 e. The topological polar surface area (TPSA) is 59.7 Å². The molecule has 1 saturated carbocycles. The van der Waals surface area contributed by atoms with E-state index in [2.05, 4.69) is 15.9 Å². The van der Waals surface area contributed by atoms with Gasteiger partial charge in [0.1, 0.15) is 6.10 Å². The number of furan rings is 1. The monoisotopic (exact) mass is 288 g/mol. The highest BCUT2D eigenvalue weighted by atomic mass is 79.9. The average Bonchev–Trinajstić information content (AvgIpc) is 2.68. The van der Waals surface area contributed by atoms with Gasteiger partial charge in [-0.2, -0.15) is 0 Å². The van der Waals surface area contributed by atoms with E-state index in [-0.39, 0.29) is 5.76 Å². The summed E-state index contributed by atoms with van der Waals surface area (Å²) in [5, 5.41) is 9.65. The molecule has 0 radical (unpaired) electrons. The number of carbonyl (C=O) groups is 1. The molecule has 0 bridgehead atoms. The van der Waals surface area contributed by atoms with Crippen LogP contribution in [0.15, 0.2) is 21.2 Å². The Bertz CT molecular complexity index is 374. The highest BCUT2D eigenvalue weighted by molar-refractivity contribution is 9.10. The smallest absolute Gasteiger partial charge is 0.374 e. The van der Waals surface area contributed by atoms with E-state index in [1.165, 1.54) is 0 Å². The molecule has 2 unspecified atom stereocenters. The highest BCUT2D eigenvalue weighted by Crippen LogP contribution is 2.23. The first kappa shape index (κ1) is 11.7. The molecular formula is C11H13BrO4. The predicted molar refractivity (Wildman–Crippen MR) is 60.1 cm³/mol. The lowest BCUT2D eigenvalue weighted by Crippen LogP contribution is -2.34. The molecular weight excluding hydrogens is 276 g/mol. The number of rotatable bonds is 2. The van der Waals surface area contributed by atoms with Crippen molar-refractivity contribution in [2.75, 3.05) is 0 Å². The third-order valence-electron chi connectivity index (χ3n) is 2.70. The van der Waals surface area contributed by atoms with Crippen molar-refractivity contribution in [3.05, 3.63) is 22.6 Å². The van der Waals surface area contributed by atoms with Crippen molar-refractivity contribution in [3.63, 3.8) is 0 Å². The van der Waals surface area contributed by atoms with Crippen molar-refractivity contribution >= 4 is 21.9 Å². The molecule has 1 aliphatic rings. The van der Waals surface area contributed by atoms with Crippen LogP contribution in [-0.4, -0.2) is 23.3 Å². The van der Waals surface area contributed by atoms with Crippen LogP contribution < -0.4 is 0 Å². The third kappa shape index (κ3) is 2.65. The van der Waals surface area contributed by atoms with Crippen LogP contribution in [0.5, 0.6) is 0 Å². The highest BCUT2D eigenvalue weighted by Gasteiger charge is 2.27. The van der Waals surface area contributed by atoms with Crippen LogP contribution >= 0.6 is 15.9 Å². The summed E-state index contributed by atoms with van der Waals surface area (Å²) in [4.78, 5) is 11.6. The SMILES string of the molecule is O=C(OC1CCCCC1O)c1ccc(Br)o1.